The zero-order valence-corrected chi connectivity index (χ0v) is 27.0. The Morgan fingerprint density at radius 1 is 0.342 bits per heavy atom. The Balaban J connectivity index is 4.06. The molecule has 0 rings (SSSR count). The van der Waals surface area contributed by atoms with Crippen LogP contribution in [-0.2, 0) is 4.79 Å². The van der Waals surface area contributed by atoms with Crippen LogP contribution < -0.4 is 0 Å². The Morgan fingerprint density at radius 3 is 0.868 bits per heavy atom. The molecule has 0 unspecified atom stereocenters. The normalized spacial score (nSPS) is 11.3. The van der Waals surface area contributed by atoms with E-state index >= 15 is 0 Å². The molecule has 0 aromatic carbocycles. The fourth-order valence-electron chi connectivity index (χ4n) is 5.69. The van der Waals surface area contributed by atoms with Gasteiger partial charge in [0.25, 0.3) is 0 Å². The van der Waals surface area contributed by atoms with E-state index in [-0.39, 0.29) is 0 Å². The van der Waals surface area contributed by atoms with Crippen LogP contribution in [0.3, 0.4) is 0 Å². The zero-order valence-electron chi connectivity index (χ0n) is 27.0. The first-order chi connectivity index (χ1) is 18.8. The minimum Gasteiger partial charge on any atom is -0.343 e. The fourth-order valence-corrected chi connectivity index (χ4v) is 5.69. The molecule has 0 saturated heterocycles. The first-order valence-electron chi connectivity index (χ1n) is 18.0. The molecule has 0 N–H and O–H groups in total. The third-order valence-corrected chi connectivity index (χ3v) is 8.41. The predicted molar refractivity (Wildman–Crippen MR) is 172 cm³/mol. The van der Waals surface area contributed by atoms with Gasteiger partial charge in [0.1, 0.15) is 0 Å². The highest BCUT2D eigenvalue weighted by molar-refractivity contribution is 5.76. The summed E-state index contributed by atoms with van der Waals surface area (Å²) in [6.45, 7) is 8.88. The lowest BCUT2D eigenvalue weighted by Crippen LogP contribution is -2.32. The molecule has 2 heteroatoms. The minimum atomic E-state index is 0.444. The van der Waals surface area contributed by atoms with Gasteiger partial charge in [0.2, 0.25) is 5.91 Å². The van der Waals surface area contributed by atoms with Gasteiger partial charge in [-0.15, -0.1) is 0 Å². The van der Waals surface area contributed by atoms with Crippen LogP contribution in [0.25, 0.3) is 0 Å². The summed E-state index contributed by atoms with van der Waals surface area (Å²) in [6, 6.07) is 0. The second kappa shape index (κ2) is 32.7. The van der Waals surface area contributed by atoms with Gasteiger partial charge < -0.3 is 4.90 Å². The minimum absolute atomic E-state index is 0.444. The maximum absolute atomic E-state index is 13.1. The average molecular weight is 536 g/mol. The second-order valence-electron chi connectivity index (χ2n) is 12.3. The first-order valence-corrected chi connectivity index (χ1v) is 18.0. The SMILES string of the molecule is CCCCCCCCCCCCN(CCCCCCCCCCCC)C(=O)CCCCCCCCCCC. The molecule has 0 radical (unpaired) electrons. The molecule has 0 heterocycles. The van der Waals surface area contributed by atoms with E-state index in [4.69, 9.17) is 0 Å². The van der Waals surface area contributed by atoms with Crippen molar-refractivity contribution in [3.63, 3.8) is 0 Å². The summed E-state index contributed by atoms with van der Waals surface area (Å²) >= 11 is 0. The highest BCUT2D eigenvalue weighted by atomic mass is 16.2. The predicted octanol–water partition coefficient (Wildman–Crippen LogP) is 12.6. The molecule has 228 valence electrons. The van der Waals surface area contributed by atoms with Crippen molar-refractivity contribution in [3.05, 3.63) is 0 Å². The number of carbonyl (C=O) groups is 1. The van der Waals surface area contributed by atoms with Crippen LogP contribution in [0.15, 0.2) is 0 Å². The molecule has 38 heavy (non-hydrogen) atoms. The van der Waals surface area contributed by atoms with Crippen LogP contribution >= 0.6 is 0 Å². The summed E-state index contributed by atoms with van der Waals surface area (Å²) < 4.78 is 0. The standard InChI is InChI=1S/C36H73NO/c1-4-7-10-13-16-19-22-25-28-31-34-37(35-32-29-26-23-20-17-14-11-8-5-2)36(38)33-30-27-24-21-18-15-12-9-6-3/h4-35H2,1-3H3. The number of amides is 1. The van der Waals surface area contributed by atoms with E-state index in [0.717, 1.165) is 25.9 Å². The van der Waals surface area contributed by atoms with E-state index in [1.54, 1.807) is 0 Å². The summed E-state index contributed by atoms with van der Waals surface area (Å²) in [5.41, 5.74) is 0. The van der Waals surface area contributed by atoms with Crippen LogP contribution in [0, 0.1) is 0 Å². The van der Waals surface area contributed by atoms with Gasteiger partial charge in [-0.25, -0.2) is 0 Å². The van der Waals surface area contributed by atoms with Gasteiger partial charge in [0.05, 0.1) is 0 Å². The highest BCUT2D eigenvalue weighted by Gasteiger charge is 2.12. The topological polar surface area (TPSA) is 20.3 Å². The zero-order chi connectivity index (χ0) is 27.8. The van der Waals surface area contributed by atoms with Crippen molar-refractivity contribution in [2.24, 2.45) is 0 Å². The van der Waals surface area contributed by atoms with Crippen molar-refractivity contribution < 1.29 is 4.79 Å². The Bertz CT molecular complexity index is 425. The van der Waals surface area contributed by atoms with Crippen molar-refractivity contribution in [3.8, 4) is 0 Å². The second-order valence-corrected chi connectivity index (χ2v) is 12.3. The molecule has 0 aliphatic heterocycles. The van der Waals surface area contributed by atoms with E-state index < -0.39 is 0 Å². The Labute approximate surface area is 241 Å². The molecule has 0 bridgehead atoms. The van der Waals surface area contributed by atoms with E-state index in [0.29, 0.717) is 5.91 Å². The molecule has 2 nitrogen and oxygen atoms in total. The molecule has 0 spiro atoms. The Hall–Kier alpha value is -0.530. The molecule has 0 fully saturated rings. The van der Waals surface area contributed by atoms with E-state index in [2.05, 4.69) is 25.7 Å². The third kappa shape index (κ3) is 28.5. The van der Waals surface area contributed by atoms with Gasteiger partial charge >= 0.3 is 0 Å². The molecular formula is C36H73NO. The number of nitrogens with zero attached hydrogens (tertiary/aromatic N) is 1. The van der Waals surface area contributed by atoms with Crippen molar-refractivity contribution in [2.75, 3.05) is 13.1 Å². The average Bonchev–Trinajstić information content (AvgIpc) is 2.92. The van der Waals surface area contributed by atoms with Crippen molar-refractivity contribution in [1.29, 1.82) is 0 Å². The number of unbranched alkanes of at least 4 members (excludes halogenated alkanes) is 26. The Kier molecular flexibility index (Phi) is 32.2. The monoisotopic (exact) mass is 536 g/mol. The molecule has 0 atom stereocenters. The fraction of sp³-hybridized carbons (Fsp3) is 0.972. The number of hydrogen-bond acceptors (Lipinski definition) is 1. The van der Waals surface area contributed by atoms with Gasteiger partial charge in [-0.3, -0.25) is 4.79 Å². The quantitative estimate of drug-likeness (QED) is 0.0784. The van der Waals surface area contributed by atoms with E-state index in [1.807, 2.05) is 0 Å². The molecular weight excluding hydrogens is 462 g/mol. The molecule has 0 aliphatic rings. The van der Waals surface area contributed by atoms with Crippen LogP contribution in [0.2, 0.25) is 0 Å². The van der Waals surface area contributed by atoms with Gasteiger partial charge in [0.15, 0.2) is 0 Å². The van der Waals surface area contributed by atoms with Crippen LogP contribution in [0.4, 0.5) is 0 Å². The lowest BCUT2D eigenvalue weighted by molar-refractivity contribution is -0.131. The summed E-state index contributed by atoms with van der Waals surface area (Å²) in [5.74, 6) is 0.444. The maximum atomic E-state index is 13.1. The van der Waals surface area contributed by atoms with Crippen LogP contribution in [0.1, 0.15) is 213 Å². The van der Waals surface area contributed by atoms with E-state index in [1.165, 1.54) is 180 Å². The molecule has 0 aliphatic carbocycles. The molecule has 1 amide bonds. The Morgan fingerprint density at radius 2 is 0.579 bits per heavy atom. The lowest BCUT2D eigenvalue weighted by Gasteiger charge is -2.23. The summed E-state index contributed by atoms with van der Waals surface area (Å²) in [5, 5.41) is 0. The molecule has 0 aromatic heterocycles. The van der Waals surface area contributed by atoms with Gasteiger partial charge in [-0.1, -0.05) is 188 Å². The maximum Gasteiger partial charge on any atom is 0.222 e. The van der Waals surface area contributed by atoms with Crippen LogP contribution in [-0.4, -0.2) is 23.9 Å². The highest BCUT2D eigenvalue weighted by Crippen LogP contribution is 2.15. The van der Waals surface area contributed by atoms with Crippen LogP contribution in [0.5, 0.6) is 0 Å². The first kappa shape index (κ1) is 37.5. The number of carbonyl (C=O) groups excluding carboxylic acids is 1. The summed E-state index contributed by atoms with van der Waals surface area (Å²) in [6.07, 6.45) is 40.0. The molecule has 0 aromatic rings. The third-order valence-electron chi connectivity index (χ3n) is 8.41. The van der Waals surface area contributed by atoms with Crippen molar-refractivity contribution in [1.82, 2.24) is 4.90 Å². The van der Waals surface area contributed by atoms with Gasteiger partial charge in [0, 0.05) is 19.5 Å². The van der Waals surface area contributed by atoms with Crippen molar-refractivity contribution >= 4 is 5.91 Å². The number of hydrogen-bond donors (Lipinski definition) is 0. The largest absolute Gasteiger partial charge is 0.343 e. The van der Waals surface area contributed by atoms with Crippen molar-refractivity contribution in [2.45, 2.75) is 213 Å². The summed E-state index contributed by atoms with van der Waals surface area (Å²) in [4.78, 5) is 15.3. The smallest absolute Gasteiger partial charge is 0.222 e. The summed E-state index contributed by atoms with van der Waals surface area (Å²) in [7, 11) is 0. The van der Waals surface area contributed by atoms with Gasteiger partial charge in [-0.05, 0) is 19.3 Å². The van der Waals surface area contributed by atoms with E-state index in [9.17, 15) is 4.79 Å². The van der Waals surface area contributed by atoms with Gasteiger partial charge in [-0.2, -0.15) is 0 Å². The lowest BCUT2D eigenvalue weighted by atomic mass is 10.1. The number of rotatable bonds is 32. The molecule has 0 saturated carbocycles.